The monoisotopic (exact) mass is 280 g/mol. The summed E-state index contributed by atoms with van der Waals surface area (Å²) in [6.45, 7) is 5.60. The Bertz CT molecular complexity index is 404. The Kier molecular flexibility index (Phi) is 5.40. The van der Waals surface area contributed by atoms with Crippen molar-refractivity contribution in [3.63, 3.8) is 0 Å². The van der Waals surface area contributed by atoms with E-state index in [1.54, 1.807) is 10.4 Å². The molecular formula is C15H24N2OS. The fraction of sp³-hybridized carbons (Fsp3) is 0.667. The molecule has 1 unspecified atom stereocenters. The topological polar surface area (TPSA) is 41.1 Å². The van der Waals surface area contributed by atoms with Gasteiger partial charge in [-0.25, -0.2) is 0 Å². The van der Waals surface area contributed by atoms with Crippen molar-refractivity contribution in [3.8, 4) is 0 Å². The molecule has 0 saturated heterocycles. The molecule has 1 aromatic rings. The number of amides is 1. The Balaban J connectivity index is 1.81. The van der Waals surface area contributed by atoms with Gasteiger partial charge < -0.3 is 10.6 Å². The summed E-state index contributed by atoms with van der Waals surface area (Å²) in [7, 11) is 0. The molecule has 1 atom stereocenters. The summed E-state index contributed by atoms with van der Waals surface area (Å²) in [6.07, 6.45) is 5.74. The smallest absolute Gasteiger partial charge is 0.221 e. The quantitative estimate of drug-likeness (QED) is 0.841. The predicted octanol–water partition coefficient (Wildman–Crippen LogP) is 2.80. The van der Waals surface area contributed by atoms with Gasteiger partial charge in [0.2, 0.25) is 5.91 Å². The van der Waals surface area contributed by atoms with Gasteiger partial charge in [0.1, 0.15) is 0 Å². The molecule has 4 heteroatoms. The van der Waals surface area contributed by atoms with Crippen LogP contribution in [0.5, 0.6) is 0 Å². The lowest BCUT2D eigenvalue weighted by Crippen LogP contribution is -2.28. The van der Waals surface area contributed by atoms with Gasteiger partial charge in [0.05, 0.1) is 0 Å². The molecule has 0 fully saturated rings. The Morgan fingerprint density at radius 1 is 1.42 bits per heavy atom. The molecule has 0 saturated carbocycles. The lowest BCUT2D eigenvalue weighted by atomic mass is 9.99. The van der Waals surface area contributed by atoms with Crippen molar-refractivity contribution in [1.29, 1.82) is 0 Å². The fourth-order valence-electron chi connectivity index (χ4n) is 2.52. The Morgan fingerprint density at radius 2 is 2.21 bits per heavy atom. The van der Waals surface area contributed by atoms with Gasteiger partial charge in [-0.1, -0.05) is 0 Å². The summed E-state index contributed by atoms with van der Waals surface area (Å²) in [4.78, 5) is 14.4. The number of nitrogens with one attached hydrogen (secondary N) is 2. The van der Waals surface area contributed by atoms with Crippen molar-refractivity contribution in [2.24, 2.45) is 0 Å². The van der Waals surface area contributed by atoms with Crippen molar-refractivity contribution in [2.45, 2.75) is 52.0 Å². The number of hydrogen-bond donors (Lipinski definition) is 2. The van der Waals surface area contributed by atoms with Gasteiger partial charge >= 0.3 is 0 Å². The Morgan fingerprint density at radius 3 is 2.95 bits per heavy atom. The summed E-state index contributed by atoms with van der Waals surface area (Å²) in [5, 5.41) is 6.27. The lowest BCUT2D eigenvalue weighted by molar-refractivity contribution is -0.120. The number of rotatable bonds is 6. The lowest BCUT2D eigenvalue weighted by Gasteiger charge is -2.11. The molecule has 0 radical (unpaired) electrons. The number of carbonyl (C=O) groups excluding carboxylic acids is 1. The molecule has 0 aliphatic heterocycles. The molecule has 3 nitrogen and oxygen atoms in total. The van der Waals surface area contributed by atoms with Crippen LogP contribution < -0.4 is 10.6 Å². The molecule has 1 aromatic heterocycles. The van der Waals surface area contributed by atoms with E-state index >= 15 is 0 Å². The van der Waals surface area contributed by atoms with Gasteiger partial charge in [-0.15, -0.1) is 11.3 Å². The van der Waals surface area contributed by atoms with Crippen molar-refractivity contribution >= 4 is 17.2 Å². The number of thiophene rings is 1. The minimum atomic E-state index is 0.132. The summed E-state index contributed by atoms with van der Waals surface area (Å²) in [6, 6.07) is 2.72. The minimum absolute atomic E-state index is 0.132. The third-order valence-electron chi connectivity index (χ3n) is 3.62. The molecule has 1 aliphatic rings. The molecule has 2 N–H and O–H groups in total. The third kappa shape index (κ3) is 4.05. The van der Waals surface area contributed by atoms with Crippen LogP contribution in [0, 0.1) is 0 Å². The van der Waals surface area contributed by atoms with Crippen molar-refractivity contribution in [1.82, 2.24) is 10.6 Å². The SMILES string of the molecule is CCNC(=O)CCNC(C)c1cc2c(s1)CCCC2. The molecule has 0 aromatic carbocycles. The number of aryl methyl sites for hydroxylation is 2. The first-order chi connectivity index (χ1) is 9.20. The van der Waals surface area contributed by atoms with Crippen LogP contribution in [0.4, 0.5) is 0 Å². The van der Waals surface area contributed by atoms with Crippen LogP contribution in [0.25, 0.3) is 0 Å². The van der Waals surface area contributed by atoms with Crippen LogP contribution in [0.1, 0.15) is 54.5 Å². The van der Waals surface area contributed by atoms with Crippen LogP contribution in [0.15, 0.2) is 6.07 Å². The van der Waals surface area contributed by atoms with E-state index in [9.17, 15) is 4.79 Å². The number of fused-ring (bicyclic) bond motifs is 1. The molecule has 106 valence electrons. The molecule has 1 heterocycles. The highest BCUT2D eigenvalue weighted by Crippen LogP contribution is 2.32. The van der Waals surface area contributed by atoms with E-state index in [1.165, 1.54) is 30.6 Å². The molecule has 2 rings (SSSR count). The summed E-state index contributed by atoms with van der Waals surface area (Å²) in [5.41, 5.74) is 1.56. The molecule has 19 heavy (non-hydrogen) atoms. The minimum Gasteiger partial charge on any atom is -0.356 e. The van der Waals surface area contributed by atoms with E-state index in [0.717, 1.165) is 6.54 Å². The van der Waals surface area contributed by atoms with E-state index in [2.05, 4.69) is 23.6 Å². The third-order valence-corrected chi connectivity index (χ3v) is 5.04. The van der Waals surface area contributed by atoms with Crippen LogP contribution in [-0.4, -0.2) is 19.0 Å². The van der Waals surface area contributed by atoms with Gasteiger partial charge in [0.15, 0.2) is 0 Å². The van der Waals surface area contributed by atoms with Gasteiger partial charge in [-0.2, -0.15) is 0 Å². The van der Waals surface area contributed by atoms with Crippen molar-refractivity contribution in [3.05, 3.63) is 21.4 Å². The largest absolute Gasteiger partial charge is 0.356 e. The number of hydrogen-bond acceptors (Lipinski definition) is 3. The average molecular weight is 280 g/mol. The Hall–Kier alpha value is -0.870. The predicted molar refractivity (Wildman–Crippen MR) is 80.7 cm³/mol. The molecule has 1 aliphatic carbocycles. The van der Waals surface area contributed by atoms with Crippen LogP contribution in [0.2, 0.25) is 0 Å². The maximum Gasteiger partial charge on any atom is 0.221 e. The maximum absolute atomic E-state index is 11.4. The van der Waals surface area contributed by atoms with Gasteiger partial charge in [0, 0.05) is 35.3 Å². The van der Waals surface area contributed by atoms with Gasteiger partial charge in [-0.3, -0.25) is 4.79 Å². The van der Waals surface area contributed by atoms with Crippen molar-refractivity contribution < 1.29 is 4.79 Å². The van der Waals surface area contributed by atoms with E-state index in [-0.39, 0.29) is 5.91 Å². The van der Waals surface area contributed by atoms with E-state index in [0.29, 0.717) is 19.0 Å². The average Bonchev–Trinajstić information content (AvgIpc) is 2.82. The van der Waals surface area contributed by atoms with E-state index in [1.807, 2.05) is 18.3 Å². The first-order valence-corrected chi connectivity index (χ1v) is 8.14. The maximum atomic E-state index is 11.4. The van der Waals surface area contributed by atoms with Crippen LogP contribution in [-0.2, 0) is 17.6 Å². The van der Waals surface area contributed by atoms with Crippen molar-refractivity contribution in [2.75, 3.05) is 13.1 Å². The second-order valence-corrected chi connectivity index (χ2v) is 6.35. The normalized spacial score (nSPS) is 15.9. The second kappa shape index (κ2) is 7.06. The van der Waals surface area contributed by atoms with Gasteiger partial charge in [0.25, 0.3) is 0 Å². The van der Waals surface area contributed by atoms with Crippen LogP contribution in [0.3, 0.4) is 0 Å². The van der Waals surface area contributed by atoms with E-state index in [4.69, 9.17) is 0 Å². The Labute approximate surface area is 119 Å². The summed E-state index contributed by atoms with van der Waals surface area (Å²) in [5.74, 6) is 0.132. The van der Waals surface area contributed by atoms with Crippen LogP contribution >= 0.6 is 11.3 Å². The standard InChI is InChI=1S/C15H24N2OS/c1-3-16-15(18)8-9-17-11(2)14-10-12-6-4-5-7-13(12)19-14/h10-11,17H,3-9H2,1-2H3,(H,16,18). The zero-order valence-corrected chi connectivity index (χ0v) is 12.7. The first-order valence-electron chi connectivity index (χ1n) is 7.32. The summed E-state index contributed by atoms with van der Waals surface area (Å²) >= 11 is 1.95. The fourth-order valence-corrected chi connectivity index (χ4v) is 3.80. The summed E-state index contributed by atoms with van der Waals surface area (Å²) < 4.78 is 0. The molecule has 1 amide bonds. The number of carbonyl (C=O) groups is 1. The molecule has 0 bridgehead atoms. The first kappa shape index (κ1) is 14.5. The molecular weight excluding hydrogens is 256 g/mol. The zero-order valence-electron chi connectivity index (χ0n) is 11.9. The molecule has 0 spiro atoms. The second-order valence-electron chi connectivity index (χ2n) is 5.18. The highest BCUT2D eigenvalue weighted by molar-refractivity contribution is 7.12. The van der Waals surface area contributed by atoms with E-state index < -0.39 is 0 Å². The van der Waals surface area contributed by atoms with Gasteiger partial charge in [-0.05, 0) is 51.2 Å². The highest BCUT2D eigenvalue weighted by atomic mass is 32.1. The zero-order chi connectivity index (χ0) is 13.7. The highest BCUT2D eigenvalue weighted by Gasteiger charge is 2.16.